The maximum Gasteiger partial charge on any atom is 0.309 e. The summed E-state index contributed by atoms with van der Waals surface area (Å²) >= 11 is 0. The minimum Gasteiger partial charge on any atom is -0.481 e. The molecule has 3 saturated heterocycles. The number of aliphatic hydroxyl groups excluding tert-OH is 10. The van der Waals surface area contributed by atoms with E-state index in [-0.39, 0.29) is 22.7 Å². The van der Waals surface area contributed by atoms with Gasteiger partial charge < -0.3 is 84.6 Å². The Labute approximate surface area is 324 Å². The molecule has 4 aliphatic carbocycles. The molecule has 3 aliphatic heterocycles. The van der Waals surface area contributed by atoms with E-state index in [9.17, 15) is 61.0 Å². The Morgan fingerprint density at radius 2 is 1.25 bits per heavy atom. The SMILES string of the molecule is C=C1C[C@]23CC[C@H]4[C@@](C)(CCC[C@@]4(C)C(=O)O)[C@@H]2CC[C@@]1(O[C@@H]1O[C@H](CO)[C@@H](O)[C@H](O[C@@H]2O[C@H](CO)[C@@H](O)[C@H](O)[C@H]2O[C@@H]2O[C@H](CO)[C@@H](O)[C@H](O)[C@H]2O)[C@H]1O)C3. The molecule has 2 bridgehead atoms. The van der Waals surface area contributed by atoms with Crippen molar-refractivity contribution >= 4 is 5.97 Å². The number of hydrogen-bond donors (Lipinski definition) is 11. The number of hydrogen-bond acceptors (Lipinski definition) is 17. The number of ether oxygens (including phenoxy) is 6. The molecule has 11 N–H and O–H groups in total. The quantitative estimate of drug-likeness (QED) is 0.0812. The number of carboxylic acids is 1. The van der Waals surface area contributed by atoms with Crippen LogP contribution in [0.25, 0.3) is 0 Å². The summed E-state index contributed by atoms with van der Waals surface area (Å²) in [5.41, 5.74) is -1.38. The highest BCUT2D eigenvalue weighted by molar-refractivity contribution is 5.75. The molecule has 320 valence electrons. The van der Waals surface area contributed by atoms with E-state index in [1.54, 1.807) is 0 Å². The second-order valence-electron chi connectivity index (χ2n) is 18.0. The summed E-state index contributed by atoms with van der Waals surface area (Å²) in [7, 11) is 0. The summed E-state index contributed by atoms with van der Waals surface area (Å²) in [6.45, 7) is 6.26. The van der Waals surface area contributed by atoms with Crippen molar-refractivity contribution in [2.45, 2.75) is 169 Å². The zero-order valence-electron chi connectivity index (χ0n) is 31.8. The molecule has 3 heterocycles. The highest BCUT2D eigenvalue weighted by atomic mass is 16.8. The fraction of sp³-hybridized carbons (Fsp3) is 0.921. The van der Waals surface area contributed by atoms with Gasteiger partial charge in [0.15, 0.2) is 18.9 Å². The van der Waals surface area contributed by atoms with Crippen LogP contribution in [0.5, 0.6) is 0 Å². The first-order valence-corrected chi connectivity index (χ1v) is 19.9. The van der Waals surface area contributed by atoms with E-state index in [2.05, 4.69) is 13.5 Å². The van der Waals surface area contributed by atoms with Gasteiger partial charge in [0.2, 0.25) is 0 Å². The lowest BCUT2D eigenvalue weighted by molar-refractivity contribution is -0.392. The summed E-state index contributed by atoms with van der Waals surface area (Å²) < 4.78 is 35.7. The molecule has 7 rings (SSSR count). The lowest BCUT2D eigenvalue weighted by atomic mass is 9.41. The van der Waals surface area contributed by atoms with Gasteiger partial charge in [0.05, 0.1) is 30.8 Å². The molecule has 0 amide bonds. The van der Waals surface area contributed by atoms with Gasteiger partial charge in [0, 0.05) is 0 Å². The standard InChI is InChI=1S/C38H60O18/c1-16-11-37-9-5-20-35(2,7-4-8-36(20,3)34(49)50)21(37)6-10-38(16,15-37)56-32-28(48)29(24(44)19(14-41)52-32)54-33-30(26(46)23(43)18(13-40)53-33)55-31-27(47)25(45)22(42)17(12-39)51-31/h17-33,39-48H,1,4-15H2,2-3H3,(H,49,50)/t17-,18-,19-,20+,21+,22-,23-,24-,25+,26+,27-,28-,29+,30-,31+,32+,33+,35-,36-,37+,38-/m1/s1. The van der Waals surface area contributed by atoms with Crippen LogP contribution in [0.15, 0.2) is 12.2 Å². The third-order valence-electron chi connectivity index (χ3n) is 15.0. The van der Waals surface area contributed by atoms with Gasteiger partial charge in [-0.15, -0.1) is 0 Å². The summed E-state index contributed by atoms with van der Waals surface area (Å²) in [6.07, 6.45) is -19.1. The molecule has 0 aromatic carbocycles. The molecule has 0 aromatic heterocycles. The average molecular weight is 805 g/mol. The monoisotopic (exact) mass is 804 g/mol. The van der Waals surface area contributed by atoms with Gasteiger partial charge in [0.25, 0.3) is 0 Å². The first-order chi connectivity index (χ1) is 26.4. The minimum absolute atomic E-state index is 0.0212. The Morgan fingerprint density at radius 3 is 1.89 bits per heavy atom. The number of carbonyl (C=O) groups is 1. The normalized spacial score (nSPS) is 54.6. The van der Waals surface area contributed by atoms with E-state index in [0.717, 1.165) is 37.7 Å². The maximum absolute atomic E-state index is 12.6. The van der Waals surface area contributed by atoms with E-state index in [1.165, 1.54) is 0 Å². The van der Waals surface area contributed by atoms with Crippen molar-refractivity contribution in [1.82, 2.24) is 0 Å². The highest BCUT2D eigenvalue weighted by Gasteiger charge is 2.69. The van der Waals surface area contributed by atoms with Crippen molar-refractivity contribution in [2.75, 3.05) is 19.8 Å². The van der Waals surface area contributed by atoms with Gasteiger partial charge in [0.1, 0.15) is 73.2 Å². The van der Waals surface area contributed by atoms with Gasteiger partial charge in [-0.1, -0.05) is 19.9 Å². The molecule has 0 radical (unpaired) electrons. The maximum atomic E-state index is 12.6. The predicted octanol–water partition coefficient (Wildman–Crippen LogP) is -2.37. The highest BCUT2D eigenvalue weighted by Crippen LogP contribution is 2.73. The molecule has 1 spiro atoms. The predicted molar refractivity (Wildman–Crippen MR) is 187 cm³/mol. The van der Waals surface area contributed by atoms with Gasteiger partial charge in [-0.25, -0.2) is 0 Å². The van der Waals surface area contributed by atoms with E-state index in [1.807, 2.05) is 6.92 Å². The third kappa shape index (κ3) is 6.69. The summed E-state index contributed by atoms with van der Waals surface area (Å²) in [5, 5.41) is 116. The molecule has 56 heavy (non-hydrogen) atoms. The number of aliphatic carboxylic acids is 1. The fourth-order valence-electron chi connectivity index (χ4n) is 12.1. The Kier molecular flexibility index (Phi) is 11.9. The first-order valence-electron chi connectivity index (χ1n) is 19.9. The molecule has 18 heteroatoms. The molecule has 4 saturated carbocycles. The van der Waals surface area contributed by atoms with Gasteiger partial charge in [-0.05, 0) is 86.5 Å². The molecule has 0 unspecified atom stereocenters. The summed E-state index contributed by atoms with van der Waals surface area (Å²) in [5.74, 6) is -0.514. The van der Waals surface area contributed by atoms with Gasteiger partial charge in [-0.2, -0.15) is 0 Å². The van der Waals surface area contributed by atoms with Crippen LogP contribution in [0.2, 0.25) is 0 Å². The lowest BCUT2D eigenvalue weighted by Crippen LogP contribution is -2.67. The number of carboxylic acid groups (broad SMARTS) is 1. The average Bonchev–Trinajstić information content (AvgIpc) is 3.36. The van der Waals surface area contributed by atoms with Crippen LogP contribution in [0, 0.1) is 28.1 Å². The van der Waals surface area contributed by atoms with Crippen molar-refractivity contribution < 1.29 is 89.4 Å². The van der Waals surface area contributed by atoms with Crippen LogP contribution < -0.4 is 0 Å². The Morgan fingerprint density at radius 1 is 0.679 bits per heavy atom. The second-order valence-corrected chi connectivity index (χ2v) is 18.0. The second kappa shape index (κ2) is 15.6. The van der Waals surface area contributed by atoms with Crippen LogP contribution >= 0.6 is 0 Å². The van der Waals surface area contributed by atoms with Crippen LogP contribution in [0.1, 0.15) is 71.6 Å². The van der Waals surface area contributed by atoms with E-state index < -0.39 is 129 Å². The smallest absolute Gasteiger partial charge is 0.309 e. The topological polar surface area (TPSA) is 295 Å². The molecular formula is C38H60O18. The number of aliphatic hydroxyl groups is 10. The van der Waals surface area contributed by atoms with Gasteiger partial charge in [-0.3, -0.25) is 4.79 Å². The molecular weight excluding hydrogens is 744 g/mol. The van der Waals surface area contributed by atoms with Crippen LogP contribution in [0.3, 0.4) is 0 Å². The van der Waals surface area contributed by atoms with Crippen molar-refractivity contribution in [3.05, 3.63) is 12.2 Å². The van der Waals surface area contributed by atoms with Gasteiger partial charge >= 0.3 is 5.97 Å². The van der Waals surface area contributed by atoms with Crippen LogP contribution in [0.4, 0.5) is 0 Å². The Balaban J connectivity index is 1.12. The number of fused-ring (bicyclic) bond motifs is 3. The largest absolute Gasteiger partial charge is 0.481 e. The molecule has 7 aliphatic rings. The lowest BCUT2D eigenvalue weighted by Gasteiger charge is -2.64. The van der Waals surface area contributed by atoms with Crippen molar-refractivity contribution in [3.63, 3.8) is 0 Å². The van der Waals surface area contributed by atoms with Crippen LogP contribution in [-0.2, 0) is 33.2 Å². The molecule has 0 aromatic rings. The van der Waals surface area contributed by atoms with Crippen LogP contribution in [-0.4, -0.2) is 180 Å². The Bertz CT molecular complexity index is 1450. The van der Waals surface area contributed by atoms with Crippen molar-refractivity contribution in [3.8, 4) is 0 Å². The zero-order valence-corrected chi connectivity index (χ0v) is 31.8. The number of rotatable bonds is 10. The minimum atomic E-state index is -1.92. The summed E-state index contributed by atoms with van der Waals surface area (Å²) in [6, 6.07) is 0. The molecule has 7 fully saturated rings. The fourth-order valence-corrected chi connectivity index (χ4v) is 12.1. The van der Waals surface area contributed by atoms with E-state index in [0.29, 0.717) is 25.7 Å². The zero-order chi connectivity index (χ0) is 40.7. The third-order valence-corrected chi connectivity index (χ3v) is 15.0. The van der Waals surface area contributed by atoms with Crippen molar-refractivity contribution in [2.24, 2.45) is 28.1 Å². The summed E-state index contributed by atoms with van der Waals surface area (Å²) in [4.78, 5) is 12.6. The van der Waals surface area contributed by atoms with E-state index >= 15 is 0 Å². The molecule has 18 nitrogen and oxygen atoms in total. The Hall–Kier alpha value is -1.43. The first kappa shape index (κ1) is 42.7. The molecule has 21 atom stereocenters. The van der Waals surface area contributed by atoms with E-state index in [4.69, 9.17) is 28.4 Å². The van der Waals surface area contributed by atoms with Crippen molar-refractivity contribution in [1.29, 1.82) is 0 Å².